The summed E-state index contributed by atoms with van der Waals surface area (Å²) in [5.41, 5.74) is -0.631. The molecule has 3 atom stereocenters. The van der Waals surface area contributed by atoms with E-state index in [1.165, 1.54) is 13.8 Å². The van der Waals surface area contributed by atoms with Crippen LogP contribution >= 0.6 is 7.14 Å². The zero-order valence-electron chi connectivity index (χ0n) is 15.4. The maximum Gasteiger partial charge on any atom is 0.303 e. The Morgan fingerprint density at radius 3 is 1.89 bits per heavy atom. The molecule has 0 amide bonds. The van der Waals surface area contributed by atoms with E-state index in [0.717, 1.165) is 0 Å². The van der Waals surface area contributed by atoms with Gasteiger partial charge in [0.2, 0.25) is 0 Å². The summed E-state index contributed by atoms with van der Waals surface area (Å²) in [5.74, 6) is -0.981. The Kier molecular flexibility index (Phi) is 5.76. The first-order chi connectivity index (χ1) is 12.9. The van der Waals surface area contributed by atoms with Gasteiger partial charge >= 0.3 is 5.97 Å². The number of hydrogen-bond acceptors (Lipinski definition) is 4. The number of carbonyl (C=O) groups is 2. The Balaban J connectivity index is 2.24. The van der Waals surface area contributed by atoms with Gasteiger partial charge in [-0.15, -0.1) is 0 Å². The van der Waals surface area contributed by atoms with E-state index in [1.807, 2.05) is 66.7 Å². The minimum Gasteiger partial charge on any atom is -0.457 e. The quantitative estimate of drug-likeness (QED) is 0.451. The van der Waals surface area contributed by atoms with Crippen LogP contribution in [0.5, 0.6) is 0 Å². The summed E-state index contributed by atoms with van der Waals surface area (Å²) in [6.07, 6.45) is 3.39. The van der Waals surface area contributed by atoms with Gasteiger partial charge in [0.25, 0.3) is 0 Å². The molecular formula is C22H23O4P. The van der Waals surface area contributed by atoms with Crippen molar-refractivity contribution in [3.8, 4) is 0 Å². The van der Waals surface area contributed by atoms with E-state index in [-0.39, 0.29) is 5.78 Å². The fourth-order valence-corrected chi connectivity index (χ4v) is 7.43. The van der Waals surface area contributed by atoms with Crippen LogP contribution in [-0.2, 0) is 18.9 Å². The monoisotopic (exact) mass is 382 g/mol. The Hall–Kier alpha value is -2.45. The Labute approximate surface area is 159 Å². The molecule has 1 aliphatic carbocycles. The fourth-order valence-electron chi connectivity index (χ4n) is 3.80. The highest BCUT2D eigenvalue weighted by Gasteiger charge is 2.48. The van der Waals surface area contributed by atoms with Crippen molar-refractivity contribution in [3.63, 3.8) is 0 Å². The normalized spacial score (nSPS) is 22.2. The fraction of sp³-hybridized carbons (Fsp3) is 0.273. The second-order valence-corrected chi connectivity index (χ2v) is 9.72. The maximum atomic E-state index is 14.7. The van der Waals surface area contributed by atoms with Gasteiger partial charge in [-0.25, -0.2) is 0 Å². The molecule has 0 spiro atoms. The lowest BCUT2D eigenvalue weighted by molar-refractivity contribution is -0.145. The summed E-state index contributed by atoms with van der Waals surface area (Å²) in [6.45, 7) is 2.85. The summed E-state index contributed by atoms with van der Waals surface area (Å²) in [5, 5.41) is 1.33. The second kappa shape index (κ2) is 8.06. The highest BCUT2D eigenvalue weighted by Crippen LogP contribution is 2.55. The summed E-state index contributed by atoms with van der Waals surface area (Å²) < 4.78 is 20.2. The molecule has 0 saturated heterocycles. The molecule has 0 aliphatic heterocycles. The average Bonchev–Trinajstić information content (AvgIpc) is 2.68. The van der Waals surface area contributed by atoms with Gasteiger partial charge in [-0.3, -0.25) is 9.59 Å². The zero-order chi connectivity index (χ0) is 19.4. The Morgan fingerprint density at radius 1 is 0.926 bits per heavy atom. The van der Waals surface area contributed by atoms with Crippen LogP contribution in [0.3, 0.4) is 0 Å². The third kappa shape index (κ3) is 3.81. The minimum atomic E-state index is -3.27. The number of allylic oxidation sites excluding steroid dienone is 1. The largest absolute Gasteiger partial charge is 0.457 e. The number of hydrogen-bond donors (Lipinski definition) is 0. The van der Waals surface area contributed by atoms with E-state index < -0.39 is 30.8 Å². The topological polar surface area (TPSA) is 60.4 Å². The molecule has 2 aromatic rings. The van der Waals surface area contributed by atoms with Crippen molar-refractivity contribution in [3.05, 3.63) is 72.8 Å². The first-order valence-corrected chi connectivity index (χ1v) is 10.8. The number of ketones is 1. The van der Waals surface area contributed by atoms with Gasteiger partial charge in [0.1, 0.15) is 11.9 Å². The molecule has 27 heavy (non-hydrogen) atoms. The number of benzene rings is 2. The van der Waals surface area contributed by atoms with Crippen LogP contribution in [0.25, 0.3) is 0 Å². The molecule has 0 N–H and O–H groups in total. The van der Waals surface area contributed by atoms with Crippen LogP contribution in [0.1, 0.15) is 20.3 Å². The third-order valence-corrected chi connectivity index (χ3v) is 8.61. The van der Waals surface area contributed by atoms with Gasteiger partial charge in [0, 0.05) is 23.5 Å². The molecule has 0 bridgehead atoms. The number of esters is 1. The van der Waals surface area contributed by atoms with Crippen molar-refractivity contribution in [2.75, 3.05) is 0 Å². The van der Waals surface area contributed by atoms with Gasteiger partial charge in [0.05, 0.1) is 5.66 Å². The summed E-state index contributed by atoms with van der Waals surface area (Å²) in [6, 6.07) is 18.4. The zero-order valence-corrected chi connectivity index (χ0v) is 16.3. The molecule has 0 fully saturated rings. The number of rotatable bonds is 5. The molecule has 3 rings (SSSR count). The van der Waals surface area contributed by atoms with Crippen LogP contribution < -0.4 is 10.6 Å². The van der Waals surface area contributed by atoms with Crippen molar-refractivity contribution in [2.45, 2.75) is 32.0 Å². The van der Waals surface area contributed by atoms with Crippen molar-refractivity contribution in [2.24, 2.45) is 5.92 Å². The van der Waals surface area contributed by atoms with E-state index in [1.54, 1.807) is 6.08 Å². The highest BCUT2D eigenvalue weighted by atomic mass is 31.2. The molecule has 0 unspecified atom stereocenters. The molecule has 2 aromatic carbocycles. The lowest BCUT2D eigenvalue weighted by atomic mass is 9.89. The maximum absolute atomic E-state index is 14.7. The molecule has 0 radical (unpaired) electrons. The minimum absolute atomic E-state index is 0.0476. The van der Waals surface area contributed by atoms with Crippen molar-refractivity contribution < 1.29 is 18.9 Å². The lowest BCUT2D eigenvalue weighted by Crippen LogP contribution is -2.45. The molecular weight excluding hydrogens is 359 g/mol. The van der Waals surface area contributed by atoms with E-state index in [9.17, 15) is 14.2 Å². The molecule has 4 nitrogen and oxygen atoms in total. The van der Waals surface area contributed by atoms with Gasteiger partial charge in [-0.05, 0) is 19.4 Å². The Morgan fingerprint density at radius 2 is 1.44 bits per heavy atom. The molecule has 0 heterocycles. The van der Waals surface area contributed by atoms with Crippen LogP contribution in [0.4, 0.5) is 0 Å². The van der Waals surface area contributed by atoms with E-state index >= 15 is 0 Å². The lowest BCUT2D eigenvalue weighted by Gasteiger charge is -2.38. The van der Waals surface area contributed by atoms with E-state index in [2.05, 4.69) is 0 Å². The van der Waals surface area contributed by atoms with Gasteiger partial charge in [-0.1, -0.05) is 66.7 Å². The SMILES string of the molecule is CC(=O)O[C@@H]1C=CC[C@H](C(C)=O)[C@H]1P(=O)(c1ccccc1)c1ccccc1. The average molecular weight is 382 g/mol. The van der Waals surface area contributed by atoms with Crippen molar-refractivity contribution in [1.29, 1.82) is 0 Å². The van der Waals surface area contributed by atoms with E-state index in [4.69, 9.17) is 4.74 Å². The molecule has 5 heteroatoms. The summed E-state index contributed by atoms with van der Waals surface area (Å²) in [4.78, 5) is 24.2. The molecule has 140 valence electrons. The van der Waals surface area contributed by atoms with Crippen molar-refractivity contribution >= 4 is 29.5 Å². The van der Waals surface area contributed by atoms with Crippen LogP contribution in [0.15, 0.2) is 72.8 Å². The predicted molar refractivity (Wildman–Crippen MR) is 107 cm³/mol. The van der Waals surface area contributed by atoms with Gasteiger partial charge < -0.3 is 9.30 Å². The van der Waals surface area contributed by atoms with Crippen LogP contribution in [0.2, 0.25) is 0 Å². The molecule has 0 saturated carbocycles. The van der Waals surface area contributed by atoms with Gasteiger partial charge in [0.15, 0.2) is 7.14 Å². The third-order valence-electron chi connectivity index (χ3n) is 4.99. The van der Waals surface area contributed by atoms with E-state index in [0.29, 0.717) is 17.0 Å². The Bertz CT molecular complexity index is 846. The summed E-state index contributed by atoms with van der Waals surface area (Å²) in [7, 11) is -3.27. The summed E-state index contributed by atoms with van der Waals surface area (Å²) >= 11 is 0. The van der Waals surface area contributed by atoms with Crippen LogP contribution in [0, 0.1) is 5.92 Å². The van der Waals surface area contributed by atoms with Crippen LogP contribution in [-0.4, -0.2) is 23.5 Å². The first-order valence-electron chi connectivity index (χ1n) is 9.00. The predicted octanol–water partition coefficient (Wildman–Crippen LogP) is 3.47. The molecule has 0 aromatic heterocycles. The van der Waals surface area contributed by atoms with Gasteiger partial charge in [-0.2, -0.15) is 0 Å². The number of Topliss-reactive ketones (excluding diaryl/α,β-unsaturated/α-hetero) is 1. The molecule has 1 aliphatic rings. The highest BCUT2D eigenvalue weighted by molar-refractivity contribution is 7.79. The number of carbonyl (C=O) groups excluding carboxylic acids is 2. The smallest absolute Gasteiger partial charge is 0.303 e. The van der Waals surface area contributed by atoms with Crippen molar-refractivity contribution in [1.82, 2.24) is 0 Å². The second-order valence-electron chi connectivity index (χ2n) is 6.77. The number of ether oxygens (including phenoxy) is 1. The first kappa shape index (κ1) is 19.3. The standard InChI is InChI=1S/C22H23O4P/c1-16(23)20-14-9-15-21(26-17(2)24)22(20)27(25,18-10-5-3-6-11-18)19-12-7-4-8-13-19/h3-13,15,20-22H,14H2,1-2H3/t20-,21-,22-/m1/s1.